The van der Waals surface area contributed by atoms with E-state index in [9.17, 15) is 18.0 Å². The first-order valence-corrected chi connectivity index (χ1v) is 7.12. The van der Waals surface area contributed by atoms with E-state index in [1.165, 1.54) is 18.3 Å². The van der Waals surface area contributed by atoms with E-state index >= 15 is 0 Å². The molecule has 1 aromatic heterocycles. The smallest absolute Gasteiger partial charge is 0.416 e. The van der Waals surface area contributed by atoms with Crippen LogP contribution in [0.3, 0.4) is 0 Å². The van der Waals surface area contributed by atoms with Crippen molar-refractivity contribution in [3.63, 3.8) is 0 Å². The Morgan fingerprint density at radius 1 is 1.00 bits per heavy atom. The lowest BCUT2D eigenvalue weighted by molar-refractivity contribution is -0.138. The molecule has 122 valence electrons. The summed E-state index contributed by atoms with van der Waals surface area (Å²) in [4.78, 5) is 15.2. The minimum Gasteiger partial charge on any atom is -0.481 e. The van der Waals surface area contributed by atoms with E-state index in [0.717, 1.165) is 17.5 Å². The summed E-state index contributed by atoms with van der Waals surface area (Å²) in [5, 5.41) is 10.4. The van der Waals surface area contributed by atoms with Crippen LogP contribution < -0.4 is 0 Å². The van der Waals surface area contributed by atoms with Gasteiger partial charge in [-0.25, -0.2) is 0 Å². The third kappa shape index (κ3) is 3.08. The molecule has 0 radical (unpaired) electrons. The number of halogens is 3. The third-order valence-electron chi connectivity index (χ3n) is 3.72. The van der Waals surface area contributed by atoms with Gasteiger partial charge >= 0.3 is 12.1 Å². The first-order chi connectivity index (χ1) is 11.4. The van der Waals surface area contributed by atoms with E-state index in [1.807, 2.05) is 0 Å². The molecule has 6 heteroatoms. The van der Waals surface area contributed by atoms with Crippen molar-refractivity contribution in [2.75, 3.05) is 0 Å². The van der Waals surface area contributed by atoms with Gasteiger partial charge in [-0.05, 0) is 29.1 Å². The number of carboxylic acids is 1. The maximum atomic E-state index is 12.7. The van der Waals surface area contributed by atoms with Gasteiger partial charge in [-0.3, -0.25) is 9.78 Å². The van der Waals surface area contributed by atoms with Crippen LogP contribution in [-0.4, -0.2) is 16.1 Å². The lowest BCUT2D eigenvalue weighted by Crippen LogP contribution is -2.04. The summed E-state index contributed by atoms with van der Waals surface area (Å²) in [6.45, 7) is 0. The minimum atomic E-state index is -4.39. The number of aromatic nitrogens is 1. The molecular formula is C18H12F3NO2. The van der Waals surface area contributed by atoms with Crippen molar-refractivity contribution in [2.45, 2.75) is 12.6 Å². The van der Waals surface area contributed by atoms with Gasteiger partial charge < -0.3 is 5.11 Å². The molecule has 24 heavy (non-hydrogen) atoms. The van der Waals surface area contributed by atoms with E-state index in [-0.39, 0.29) is 6.42 Å². The molecule has 0 aliphatic heterocycles. The first-order valence-electron chi connectivity index (χ1n) is 7.12. The van der Waals surface area contributed by atoms with Crippen molar-refractivity contribution in [1.82, 2.24) is 4.98 Å². The standard InChI is InChI=1S/C18H12F3NO2/c19-18(20,21)13-6-4-11(5-7-13)17-15-3-1-2-12(10-16(23)24)14(15)8-9-22-17/h1-9H,10H2,(H,23,24). The van der Waals surface area contributed by atoms with Crippen LogP contribution in [0.1, 0.15) is 11.1 Å². The van der Waals surface area contributed by atoms with Gasteiger partial charge in [0.25, 0.3) is 0 Å². The van der Waals surface area contributed by atoms with Crippen LogP contribution in [0, 0.1) is 0 Å². The molecule has 0 saturated carbocycles. The number of carbonyl (C=O) groups is 1. The van der Waals surface area contributed by atoms with Gasteiger partial charge in [0.15, 0.2) is 0 Å². The molecule has 0 aliphatic rings. The van der Waals surface area contributed by atoms with Gasteiger partial charge in [-0.15, -0.1) is 0 Å². The van der Waals surface area contributed by atoms with Crippen LogP contribution in [0.5, 0.6) is 0 Å². The number of hydrogen-bond acceptors (Lipinski definition) is 2. The highest BCUT2D eigenvalue weighted by Gasteiger charge is 2.30. The molecule has 0 aliphatic carbocycles. The summed E-state index contributed by atoms with van der Waals surface area (Å²) in [5.41, 5.74) is 0.975. The summed E-state index contributed by atoms with van der Waals surface area (Å²) >= 11 is 0. The molecule has 1 heterocycles. The van der Waals surface area contributed by atoms with E-state index in [1.54, 1.807) is 24.3 Å². The molecule has 3 nitrogen and oxygen atoms in total. The Morgan fingerprint density at radius 2 is 1.71 bits per heavy atom. The number of nitrogens with zero attached hydrogens (tertiary/aromatic N) is 1. The maximum Gasteiger partial charge on any atom is 0.416 e. The second kappa shape index (κ2) is 5.96. The van der Waals surface area contributed by atoms with Crippen molar-refractivity contribution >= 4 is 16.7 Å². The Morgan fingerprint density at radius 3 is 2.33 bits per heavy atom. The van der Waals surface area contributed by atoms with Crippen LogP contribution >= 0.6 is 0 Å². The predicted molar refractivity (Wildman–Crippen MR) is 83.5 cm³/mol. The summed E-state index contributed by atoms with van der Waals surface area (Å²) in [6, 6.07) is 11.7. The zero-order valence-electron chi connectivity index (χ0n) is 12.3. The Hall–Kier alpha value is -2.89. The topological polar surface area (TPSA) is 50.2 Å². The Kier molecular flexibility index (Phi) is 3.97. The largest absolute Gasteiger partial charge is 0.481 e. The van der Waals surface area contributed by atoms with Gasteiger partial charge in [0.2, 0.25) is 0 Å². The second-order valence-corrected chi connectivity index (χ2v) is 5.32. The molecule has 0 amide bonds. The zero-order valence-corrected chi connectivity index (χ0v) is 12.3. The van der Waals surface area contributed by atoms with Crippen LogP contribution in [0.2, 0.25) is 0 Å². The Balaban J connectivity index is 2.12. The highest BCUT2D eigenvalue weighted by Crippen LogP contribution is 2.33. The number of pyridine rings is 1. The van der Waals surface area contributed by atoms with Crippen LogP contribution in [0.25, 0.3) is 22.0 Å². The average Bonchev–Trinajstić information content (AvgIpc) is 2.53. The van der Waals surface area contributed by atoms with Crippen molar-refractivity contribution in [3.05, 3.63) is 65.9 Å². The van der Waals surface area contributed by atoms with Crippen molar-refractivity contribution < 1.29 is 23.1 Å². The third-order valence-corrected chi connectivity index (χ3v) is 3.72. The second-order valence-electron chi connectivity index (χ2n) is 5.32. The van der Waals surface area contributed by atoms with E-state index < -0.39 is 17.7 Å². The van der Waals surface area contributed by atoms with Crippen molar-refractivity contribution in [1.29, 1.82) is 0 Å². The Bertz CT molecular complexity index is 902. The van der Waals surface area contributed by atoms with Gasteiger partial charge in [0, 0.05) is 17.1 Å². The monoisotopic (exact) mass is 331 g/mol. The van der Waals surface area contributed by atoms with Gasteiger partial charge in [0.05, 0.1) is 17.7 Å². The lowest BCUT2D eigenvalue weighted by Gasteiger charge is -2.10. The number of fused-ring (bicyclic) bond motifs is 1. The number of carboxylic acid groups (broad SMARTS) is 1. The molecule has 3 aromatic rings. The van der Waals surface area contributed by atoms with Crippen molar-refractivity contribution in [2.24, 2.45) is 0 Å². The fourth-order valence-electron chi connectivity index (χ4n) is 2.64. The number of alkyl halides is 3. The first kappa shape index (κ1) is 16.0. The molecule has 0 bridgehead atoms. The molecule has 0 fully saturated rings. The summed E-state index contributed by atoms with van der Waals surface area (Å²) in [5.74, 6) is -0.949. The molecule has 0 atom stereocenters. The number of benzene rings is 2. The SMILES string of the molecule is O=C(O)Cc1cccc2c(-c3ccc(C(F)(F)F)cc3)nccc12. The highest BCUT2D eigenvalue weighted by molar-refractivity contribution is 5.97. The zero-order chi connectivity index (χ0) is 17.3. The maximum absolute atomic E-state index is 12.7. The molecule has 0 saturated heterocycles. The van der Waals surface area contributed by atoms with Gasteiger partial charge in [-0.1, -0.05) is 30.3 Å². The van der Waals surface area contributed by atoms with Gasteiger partial charge in [0.1, 0.15) is 0 Å². The number of hydrogen-bond donors (Lipinski definition) is 1. The summed E-state index contributed by atoms with van der Waals surface area (Å²) in [7, 11) is 0. The Labute approximate surface area is 135 Å². The van der Waals surface area contributed by atoms with E-state index in [0.29, 0.717) is 22.2 Å². The fraction of sp³-hybridized carbons (Fsp3) is 0.111. The van der Waals surface area contributed by atoms with Crippen LogP contribution in [0.4, 0.5) is 13.2 Å². The van der Waals surface area contributed by atoms with Crippen LogP contribution in [-0.2, 0) is 17.4 Å². The highest BCUT2D eigenvalue weighted by atomic mass is 19.4. The molecule has 0 spiro atoms. The summed E-state index contributed by atoms with van der Waals surface area (Å²) in [6.07, 6.45) is -2.99. The van der Waals surface area contributed by atoms with Gasteiger partial charge in [-0.2, -0.15) is 13.2 Å². The van der Waals surface area contributed by atoms with Crippen LogP contribution in [0.15, 0.2) is 54.7 Å². The normalized spacial score (nSPS) is 11.6. The number of rotatable bonds is 3. The quantitative estimate of drug-likeness (QED) is 0.766. The molecule has 1 N–H and O–H groups in total. The lowest BCUT2D eigenvalue weighted by atomic mass is 9.98. The average molecular weight is 331 g/mol. The van der Waals surface area contributed by atoms with E-state index in [4.69, 9.17) is 5.11 Å². The molecular weight excluding hydrogens is 319 g/mol. The number of aliphatic carboxylic acids is 1. The molecule has 2 aromatic carbocycles. The molecule has 3 rings (SSSR count). The van der Waals surface area contributed by atoms with E-state index in [2.05, 4.69) is 4.98 Å². The predicted octanol–water partition coefficient (Wildman–Crippen LogP) is 4.55. The minimum absolute atomic E-state index is 0.131. The van der Waals surface area contributed by atoms with Crippen molar-refractivity contribution in [3.8, 4) is 11.3 Å². The summed E-state index contributed by atoms with van der Waals surface area (Å²) < 4.78 is 38.0. The molecule has 0 unspecified atom stereocenters. The fourth-order valence-corrected chi connectivity index (χ4v) is 2.64.